The van der Waals surface area contributed by atoms with Crippen LogP contribution in [-0.2, 0) is 0 Å². The molecule has 2 nitrogen and oxygen atoms in total. The van der Waals surface area contributed by atoms with E-state index in [0.29, 0.717) is 11.5 Å². The summed E-state index contributed by atoms with van der Waals surface area (Å²) in [5.74, 6) is 2.07. The highest BCUT2D eigenvalue weighted by molar-refractivity contribution is 7.98. The molecule has 1 saturated carbocycles. The molecule has 1 N–H and O–H groups in total. The van der Waals surface area contributed by atoms with Gasteiger partial charge in [0, 0.05) is 24.9 Å². The van der Waals surface area contributed by atoms with Gasteiger partial charge in [-0.05, 0) is 50.4 Å². The van der Waals surface area contributed by atoms with E-state index < -0.39 is 0 Å². The third-order valence-corrected chi connectivity index (χ3v) is 5.14. The third kappa shape index (κ3) is 5.65. The van der Waals surface area contributed by atoms with Crippen molar-refractivity contribution in [2.75, 3.05) is 38.7 Å². The monoisotopic (exact) mass is 286 g/mol. The minimum atomic E-state index is 0.457. The molecule has 0 spiro atoms. The summed E-state index contributed by atoms with van der Waals surface area (Å²) in [4.78, 5) is 2.53. The van der Waals surface area contributed by atoms with Crippen LogP contribution >= 0.6 is 11.8 Å². The highest BCUT2D eigenvalue weighted by atomic mass is 32.2. The molecule has 3 heteroatoms. The molecule has 1 fully saturated rings. The summed E-state index contributed by atoms with van der Waals surface area (Å²) in [6.45, 7) is 10.8. The van der Waals surface area contributed by atoms with Crippen LogP contribution in [0.4, 0.5) is 0 Å². The van der Waals surface area contributed by atoms with E-state index in [2.05, 4.69) is 44.3 Å². The summed E-state index contributed by atoms with van der Waals surface area (Å²) in [6.07, 6.45) is 7.61. The van der Waals surface area contributed by atoms with Crippen molar-refractivity contribution in [3.63, 3.8) is 0 Å². The first-order valence-electron chi connectivity index (χ1n) is 7.92. The maximum Gasteiger partial charge on any atom is 0.0159 e. The first-order valence-corrected chi connectivity index (χ1v) is 9.31. The minimum Gasteiger partial charge on any atom is -0.313 e. The summed E-state index contributed by atoms with van der Waals surface area (Å²) < 4.78 is 0. The van der Waals surface area contributed by atoms with Crippen molar-refractivity contribution in [2.24, 2.45) is 11.3 Å². The molecule has 19 heavy (non-hydrogen) atoms. The number of nitrogens with one attached hydrogen (secondary N) is 1. The Morgan fingerprint density at radius 3 is 2.74 bits per heavy atom. The van der Waals surface area contributed by atoms with E-state index in [-0.39, 0.29) is 0 Å². The van der Waals surface area contributed by atoms with Crippen molar-refractivity contribution in [3.05, 3.63) is 0 Å². The maximum atomic E-state index is 3.84. The fourth-order valence-corrected chi connectivity index (χ4v) is 3.95. The van der Waals surface area contributed by atoms with E-state index in [1.807, 2.05) is 11.8 Å². The molecule has 0 aromatic carbocycles. The Morgan fingerprint density at radius 2 is 2.11 bits per heavy atom. The second-order valence-corrected chi connectivity index (χ2v) is 7.81. The molecular weight excluding hydrogens is 252 g/mol. The SMILES string of the molecule is CCCNC1C(CN(C)CCSC)CCCC1(C)C. The molecule has 1 aliphatic carbocycles. The molecule has 0 aromatic rings. The number of rotatable bonds is 8. The molecular formula is C16H34N2S. The molecule has 1 aliphatic rings. The molecule has 0 saturated heterocycles. The zero-order chi connectivity index (χ0) is 14.3. The van der Waals surface area contributed by atoms with Gasteiger partial charge in [-0.15, -0.1) is 0 Å². The maximum absolute atomic E-state index is 3.84. The Hall–Kier alpha value is 0.270. The van der Waals surface area contributed by atoms with Gasteiger partial charge < -0.3 is 10.2 Å². The van der Waals surface area contributed by atoms with Crippen molar-refractivity contribution in [1.29, 1.82) is 0 Å². The van der Waals surface area contributed by atoms with Gasteiger partial charge in [-0.25, -0.2) is 0 Å². The van der Waals surface area contributed by atoms with Crippen LogP contribution in [-0.4, -0.2) is 49.6 Å². The van der Waals surface area contributed by atoms with Gasteiger partial charge in [0.25, 0.3) is 0 Å². The van der Waals surface area contributed by atoms with Gasteiger partial charge in [-0.1, -0.05) is 27.2 Å². The van der Waals surface area contributed by atoms with Crippen LogP contribution in [0.2, 0.25) is 0 Å². The molecule has 0 amide bonds. The predicted molar refractivity (Wildman–Crippen MR) is 89.1 cm³/mol. The molecule has 0 bridgehead atoms. The van der Waals surface area contributed by atoms with Gasteiger partial charge in [-0.3, -0.25) is 0 Å². The average molecular weight is 287 g/mol. The van der Waals surface area contributed by atoms with Crippen molar-refractivity contribution in [1.82, 2.24) is 10.2 Å². The Kier molecular flexibility index (Phi) is 7.78. The summed E-state index contributed by atoms with van der Waals surface area (Å²) in [7, 11) is 2.29. The van der Waals surface area contributed by atoms with E-state index in [4.69, 9.17) is 0 Å². The first-order chi connectivity index (χ1) is 9.01. The molecule has 114 valence electrons. The minimum absolute atomic E-state index is 0.457. The first kappa shape index (κ1) is 17.3. The summed E-state index contributed by atoms with van der Waals surface area (Å²) >= 11 is 1.95. The van der Waals surface area contributed by atoms with Crippen LogP contribution in [0.1, 0.15) is 46.5 Å². The molecule has 2 atom stereocenters. The lowest BCUT2D eigenvalue weighted by atomic mass is 9.67. The number of nitrogens with zero attached hydrogens (tertiary/aromatic N) is 1. The fourth-order valence-electron chi connectivity index (χ4n) is 3.46. The van der Waals surface area contributed by atoms with E-state index in [0.717, 1.165) is 5.92 Å². The lowest BCUT2D eigenvalue weighted by Crippen LogP contribution is -2.52. The van der Waals surface area contributed by atoms with Crippen molar-refractivity contribution < 1.29 is 0 Å². The molecule has 0 aliphatic heterocycles. The molecule has 0 heterocycles. The van der Waals surface area contributed by atoms with Gasteiger partial charge in [-0.2, -0.15) is 11.8 Å². The number of hydrogen-bond acceptors (Lipinski definition) is 3. The van der Waals surface area contributed by atoms with Gasteiger partial charge in [0.05, 0.1) is 0 Å². The standard InChI is InChI=1S/C16H34N2S/c1-6-10-17-15-14(8-7-9-16(15,2)3)13-18(4)11-12-19-5/h14-15,17H,6-13H2,1-5H3. The molecule has 1 rings (SSSR count). The van der Waals surface area contributed by atoms with Crippen LogP contribution < -0.4 is 5.32 Å². The van der Waals surface area contributed by atoms with Crippen molar-refractivity contribution in [2.45, 2.75) is 52.5 Å². The Bertz CT molecular complexity index is 243. The topological polar surface area (TPSA) is 15.3 Å². The van der Waals surface area contributed by atoms with Crippen molar-refractivity contribution in [3.8, 4) is 0 Å². The second kappa shape index (κ2) is 8.53. The van der Waals surface area contributed by atoms with E-state index in [1.165, 1.54) is 51.1 Å². The fraction of sp³-hybridized carbons (Fsp3) is 1.00. The summed E-state index contributed by atoms with van der Waals surface area (Å²) in [6, 6.07) is 0.693. The van der Waals surface area contributed by atoms with Gasteiger partial charge in [0.2, 0.25) is 0 Å². The van der Waals surface area contributed by atoms with E-state index >= 15 is 0 Å². The summed E-state index contributed by atoms with van der Waals surface area (Å²) in [5.41, 5.74) is 0.457. The van der Waals surface area contributed by atoms with Crippen LogP contribution in [0.15, 0.2) is 0 Å². The van der Waals surface area contributed by atoms with Gasteiger partial charge >= 0.3 is 0 Å². The Labute approximate surface area is 125 Å². The molecule has 0 radical (unpaired) electrons. The van der Waals surface area contributed by atoms with Crippen LogP contribution in [0.3, 0.4) is 0 Å². The van der Waals surface area contributed by atoms with Gasteiger partial charge in [0.1, 0.15) is 0 Å². The second-order valence-electron chi connectivity index (χ2n) is 6.83. The zero-order valence-corrected chi connectivity index (χ0v) is 14.5. The number of thioether (sulfide) groups is 1. The predicted octanol–water partition coefficient (Wildman–Crippen LogP) is 3.48. The lowest BCUT2D eigenvalue weighted by Gasteiger charge is -2.46. The van der Waals surface area contributed by atoms with E-state index in [1.54, 1.807) is 0 Å². The summed E-state index contributed by atoms with van der Waals surface area (Å²) in [5, 5.41) is 3.84. The van der Waals surface area contributed by atoms with E-state index in [9.17, 15) is 0 Å². The van der Waals surface area contributed by atoms with Crippen molar-refractivity contribution >= 4 is 11.8 Å². The highest BCUT2D eigenvalue weighted by Gasteiger charge is 2.38. The normalized spacial score (nSPS) is 26.8. The highest BCUT2D eigenvalue weighted by Crippen LogP contribution is 2.39. The van der Waals surface area contributed by atoms with Gasteiger partial charge in [0.15, 0.2) is 0 Å². The average Bonchev–Trinajstić information content (AvgIpc) is 2.35. The molecule has 2 unspecified atom stereocenters. The molecule has 0 aromatic heterocycles. The Balaban J connectivity index is 2.56. The lowest BCUT2D eigenvalue weighted by molar-refractivity contribution is 0.0867. The smallest absolute Gasteiger partial charge is 0.0159 e. The zero-order valence-electron chi connectivity index (χ0n) is 13.7. The van der Waals surface area contributed by atoms with Crippen LogP contribution in [0.25, 0.3) is 0 Å². The largest absolute Gasteiger partial charge is 0.313 e. The Morgan fingerprint density at radius 1 is 1.37 bits per heavy atom. The third-order valence-electron chi connectivity index (χ3n) is 4.55. The quantitative estimate of drug-likeness (QED) is 0.735. The van der Waals surface area contributed by atoms with Crippen LogP contribution in [0.5, 0.6) is 0 Å². The van der Waals surface area contributed by atoms with Crippen LogP contribution in [0, 0.1) is 11.3 Å². The number of hydrogen-bond donors (Lipinski definition) is 1.